The van der Waals surface area contributed by atoms with E-state index in [0.717, 1.165) is 12.4 Å². The predicted molar refractivity (Wildman–Crippen MR) is 282 cm³/mol. The van der Waals surface area contributed by atoms with Gasteiger partial charge in [0.25, 0.3) is 0 Å². The first-order chi connectivity index (χ1) is 37.0. The number of Topliss-reactive ketones (excluding diaryl/α,β-unsaturated/α-hetero) is 4. The third kappa shape index (κ3) is 10.0. The topological polar surface area (TPSA) is 331 Å². The fourth-order valence-electron chi connectivity index (χ4n) is 9.59. The first-order valence-electron chi connectivity index (χ1n) is 24.1. The van der Waals surface area contributed by atoms with Gasteiger partial charge >= 0.3 is 23.9 Å². The van der Waals surface area contributed by atoms with Crippen molar-refractivity contribution in [1.82, 2.24) is 0 Å². The van der Waals surface area contributed by atoms with E-state index in [9.17, 15) is 59.4 Å². The number of carboxylic acid groups (broad SMARTS) is 4. The van der Waals surface area contributed by atoms with Crippen molar-refractivity contribution in [1.29, 1.82) is 0 Å². The second-order valence-corrected chi connectivity index (χ2v) is 19.0. The number of hydrogen-bond acceptors (Lipinski definition) is 16. The van der Waals surface area contributed by atoms with Crippen molar-refractivity contribution in [3.8, 4) is 0 Å². The Bertz CT molecular complexity index is 3420. The summed E-state index contributed by atoms with van der Waals surface area (Å²) in [6.07, 6.45) is 2.32. The van der Waals surface area contributed by atoms with Gasteiger partial charge in [-0.15, -0.1) is 0 Å². The maximum Gasteiger partial charge on any atom is 0.335 e. The molecule has 0 spiro atoms. The number of carboxylic acids is 4. The number of allylic oxidation sites excluding steroid dienone is 6. The summed E-state index contributed by atoms with van der Waals surface area (Å²) in [7, 11) is 0. The number of hydrogen-bond donors (Lipinski definition) is 8. The fraction of sp³-hybridized carbons (Fsp3) is 0.172. The van der Waals surface area contributed by atoms with Crippen molar-refractivity contribution in [3.63, 3.8) is 0 Å². The Morgan fingerprint density at radius 1 is 0.449 bits per heavy atom. The fourth-order valence-corrected chi connectivity index (χ4v) is 9.59. The van der Waals surface area contributed by atoms with E-state index in [0.29, 0.717) is 0 Å². The second-order valence-electron chi connectivity index (χ2n) is 19.0. The molecule has 4 aliphatic rings. The number of nitrogens with one attached hydrogen (secondary N) is 2. The van der Waals surface area contributed by atoms with Gasteiger partial charge in [-0.1, -0.05) is 27.7 Å². The lowest BCUT2D eigenvalue weighted by atomic mass is 9.65. The van der Waals surface area contributed by atoms with Crippen LogP contribution in [-0.4, -0.2) is 89.7 Å². The van der Waals surface area contributed by atoms with Gasteiger partial charge in [0.15, 0.2) is 23.1 Å². The first-order valence-corrected chi connectivity index (χ1v) is 24.1. The van der Waals surface area contributed by atoms with Crippen LogP contribution in [0.1, 0.15) is 83.0 Å². The van der Waals surface area contributed by atoms with E-state index in [1.54, 1.807) is 27.7 Å². The number of aliphatic hydroxyl groups excluding tert-OH is 2. The molecule has 8 N–H and O–H groups in total. The van der Waals surface area contributed by atoms with E-state index in [-0.39, 0.29) is 112 Å². The minimum absolute atomic E-state index is 0.0221. The van der Waals surface area contributed by atoms with Crippen LogP contribution in [0.4, 0.5) is 22.7 Å². The van der Waals surface area contributed by atoms with E-state index in [4.69, 9.17) is 10.2 Å². The van der Waals surface area contributed by atoms with E-state index in [2.05, 4.69) is 20.9 Å². The molecule has 2 atom stereocenters. The van der Waals surface area contributed by atoms with Crippen LogP contribution < -0.4 is 10.6 Å². The highest BCUT2D eigenvalue weighted by Crippen LogP contribution is 2.51. The number of anilines is 2. The van der Waals surface area contributed by atoms with Crippen molar-refractivity contribution in [2.45, 2.75) is 53.6 Å². The molecule has 0 saturated carbocycles. The maximum absolute atomic E-state index is 16.0. The molecular formula is C58H48N6O14. The van der Waals surface area contributed by atoms with Crippen LogP contribution in [0.2, 0.25) is 0 Å². The van der Waals surface area contributed by atoms with E-state index < -0.39 is 82.4 Å². The van der Waals surface area contributed by atoms with Gasteiger partial charge in [0.1, 0.15) is 12.1 Å². The minimum atomic E-state index is -1.39. The molecule has 4 aliphatic carbocycles. The van der Waals surface area contributed by atoms with E-state index in [1.165, 1.54) is 111 Å². The second kappa shape index (κ2) is 21.5. The first kappa shape index (κ1) is 54.0. The number of nitrogens with zero attached hydrogens (tertiary/aromatic N) is 4. The number of rotatable bonds is 15. The molecule has 4 aromatic carbocycles. The van der Waals surface area contributed by atoms with Crippen LogP contribution in [0.5, 0.6) is 0 Å². The molecule has 4 aromatic rings. The zero-order chi connectivity index (χ0) is 56.6. The van der Waals surface area contributed by atoms with Gasteiger partial charge in [-0.3, -0.25) is 19.2 Å². The van der Waals surface area contributed by atoms with Crippen molar-refractivity contribution in [2.75, 3.05) is 10.6 Å². The summed E-state index contributed by atoms with van der Waals surface area (Å²) in [5, 5.41) is 86.1. The van der Waals surface area contributed by atoms with Crippen LogP contribution in [0.25, 0.3) is 0 Å². The molecule has 0 aromatic heterocycles. The molecule has 0 fully saturated rings. The third-order valence-corrected chi connectivity index (χ3v) is 13.4. The van der Waals surface area contributed by atoms with Crippen LogP contribution in [-0.2, 0) is 19.2 Å². The average Bonchev–Trinajstić information content (AvgIpc) is 3.59. The predicted octanol–water partition coefficient (Wildman–Crippen LogP) is 10.6. The molecular weight excluding hydrogens is 1000 g/mol. The molecule has 0 amide bonds. The molecule has 2 unspecified atom stereocenters. The normalized spacial score (nSPS) is 19.1. The third-order valence-electron chi connectivity index (χ3n) is 13.4. The Hall–Kier alpha value is -10.2. The van der Waals surface area contributed by atoms with Crippen molar-refractivity contribution in [2.24, 2.45) is 32.3 Å². The molecule has 0 aliphatic heterocycles. The summed E-state index contributed by atoms with van der Waals surface area (Å²) < 4.78 is 0. The van der Waals surface area contributed by atoms with Gasteiger partial charge in [0.05, 0.1) is 44.8 Å². The lowest BCUT2D eigenvalue weighted by molar-refractivity contribution is -0.117. The van der Waals surface area contributed by atoms with Gasteiger partial charge in [0.2, 0.25) is 11.6 Å². The zero-order valence-corrected chi connectivity index (χ0v) is 42.4. The van der Waals surface area contributed by atoms with Crippen LogP contribution in [0.3, 0.4) is 0 Å². The molecule has 78 heavy (non-hydrogen) atoms. The summed E-state index contributed by atoms with van der Waals surface area (Å²) in [6.45, 7) is 9.69. The Kier molecular flexibility index (Phi) is 14.9. The average molecular weight is 1050 g/mol. The molecule has 0 bridgehead atoms. The lowest BCUT2D eigenvalue weighted by Crippen LogP contribution is -2.39. The number of aromatic carboxylic acids is 4. The SMILES string of the molecule is CC1=C(C2=C(C)C(N=Nc3ccc(C(=O)O)cc3)C3=C(C2=O)/C(=C/Nc2ccc(C(=O)O)cc2)C(=O)C(O)=C3C(C)C)C(=O)C2=C(C(C(C)C)=C(O)C(=O)/C2=C\Nc2ccc(C(=O)O)cc2)C1N=Nc1ccc(C(=O)O)cc1. The van der Waals surface area contributed by atoms with Crippen molar-refractivity contribution in [3.05, 3.63) is 210 Å². The van der Waals surface area contributed by atoms with Gasteiger partial charge in [-0.2, -0.15) is 20.5 Å². The number of azo groups is 2. The Morgan fingerprint density at radius 3 is 1.00 bits per heavy atom. The summed E-state index contributed by atoms with van der Waals surface area (Å²) >= 11 is 0. The van der Waals surface area contributed by atoms with Gasteiger partial charge in [-0.05, 0) is 134 Å². The molecule has 0 heterocycles. The Labute approximate surface area is 444 Å². The number of carbonyl (C=O) groups is 8. The van der Waals surface area contributed by atoms with Gasteiger partial charge < -0.3 is 41.3 Å². The Morgan fingerprint density at radius 2 is 0.731 bits per heavy atom. The highest BCUT2D eigenvalue weighted by atomic mass is 16.4. The number of ketones is 4. The maximum atomic E-state index is 16.0. The van der Waals surface area contributed by atoms with Crippen molar-refractivity contribution >= 4 is 69.8 Å². The summed E-state index contributed by atoms with van der Waals surface area (Å²) in [6, 6.07) is 18.8. The van der Waals surface area contributed by atoms with Crippen LogP contribution in [0, 0.1) is 11.8 Å². The number of benzene rings is 4. The largest absolute Gasteiger partial charge is 0.504 e. The summed E-state index contributed by atoms with van der Waals surface area (Å²) in [4.78, 5) is 108. The van der Waals surface area contributed by atoms with Gasteiger partial charge in [-0.25, -0.2) is 19.2 Å². The lowest BCUT2D eigenvalue weighted by Gasteiger charge is -2.38. The quantitative estimate of drug-likeness (QED) is 0.0405. The van der Waals surface area contributed by atoms with Gasteiger partial charge in [0, 0.05) is 68.4 Å². The van der Waals surface area contributed by atoms with Crippen LogP contribution >= 0.6 is 0 Å². The number of carbonyl (C=O) groups excluding carboxylic acids is 4. The minimum Gasteiger partial charge on any atom is -0.504 e. The molecule has 0 saturated heterocycles. The summed E-state index contributed by atoms with van der Waals surface area (Å²) in [5.41, 5.74) is -1.12. The molecule has 20 heteroatoms. The van der Waals surface area contributed by atoms with Crippen molar-refractivity contribution < 1.29 is 69.0 Å². The monoisotopic (exact) mass is 1050 g/mol. The van der Waals surface area contributed by atoms with E-state index in [1.807, 2.05) is 0 Å². The standard InChI is InChI=1S/C58H48N6O14/c1-25(2)39-45-43(37(49(65)53(39)69)23-59-33-15-7-29(8-16-33)55(71)72)51(67)41(27(5)47(45)63-61-35-19-11-31(12-20-35)57(75)76)42-28(6)48(64-62-36-21-13-32(14-22-36)58(77)78)46-40(26(3)4)54(70)50(66)38(44(46)52(42)68)24-60-34-17-9-30(10-18-34)56(73)74/h7-26,47-48,59-60,69-70H,1-6H3,(H,71,72)(H,73,74)(H,75,76)(H,77,78)/b37-23-,38-24-,63-61?,64-62?. The Balaban J connectivity index is 1.41. The molecule has 20 nitrogen and oxygen atoms in total. The highest BCUT2D eigenvalue weighted by Gasteiger charge is 2.50. The smallest absolute Gasteiger partial charge is 0.335 e. The molecule has 394 valence electrons. The van der Waals surface area contributed by atoms with Crippen LogP contribution in [0.15, 0.2) is 208 Å². The molecule has 8 rings (SSSR count). The highest BCUT2D eigenvalue weighted by molar-refractivity contribution is 6.34. The zero-order valence-electron chi connectivity index (χ0n) is 42.4. The van der Waals surface area contributed by atoms with E-state index >= 15 is 9.59 Å². The molecule has 0 radical (unpaired) electrons. The number of aliphatic hydroxyl groups is 2. The summed E-state index contributed by atoms with van der Waals surface area (Å²) in [5.74, 6) is -11.4.